The van der Waals surface area contributed by atoms with E-state index >= 15 is 0 Å². The first-order chi connectivity index (χ1) is 13.7. The molecule has 1 aliphatic rings. The average Bonchev–Trinajstić information content (AvgIpc) is 3.30. The Morgan fingerprint density at radius 1 is 1.24 bits per heavy atom. The molecule has 3 heterocycles. The van der Waals surface area contributed by atoms with E-state index in [0.717, 1.165) is 11.1 Å². The van der Waals surface area contributed by atoms with Gasteiger partial charge in [-0.2, -0.15) is 13.2 Å². The monoisotopic (exact) mass is 421 g/mol. The van der Waals surface area contributed by atoms with Crippen LogP contribution in [0.5, 0.6) is 0 Å². The number of hydrogen-bond donors (Lipinski definition) is 0. The highest BCUT2D eigenvalue weighted by Crippen LogP contribution is 2.36. The molecule has 2 aromatic heterocycles. The number of alkyl halides is 3. The molecule has 1 amide bonds. The number of fused-ring (bicyclic) bond motifs is 1. The maximum Gasteiger partial charge on any atom is 0.416 e. The molecule has 4 rings (SSSR count). The Kier molecular flexibility index (Phi) is 4.68. The maximum atomic E-state index is 13.3. The SMILES string of the molecule is Cc1c(C(=O)N2C(C)Cn3c(-c4nccs4)nnc3C2C)cccc1C(F)(F)F. The smallest absolute Gasteiger partial charge is 0.324 e. The lowest BCUT2D eigenvalue weighted by Crippen LogP contribution is -2.47. The van der Waals surface area contributed by atoms with Gasteiger partial charge in [0, 0.05) is 29.7 Å². The van der Waals surface area contributed by atoms with Crippen molar-refractivity contribution in [2.24, 2.45) is 0 Å². The molecule has 2 unspecified atom stereocenters. The van der Waals surface area contributed by atoms with Crippen LogP contribution >= 0.6 is 11.3 Å². The molecule has 1 aromatic carbocycles. The Morgan fingerprint density at radius 3 is 2.66 bits per heavy atom. The van der Waals surface area contributed by atoms with Crippen molar-refractivity contribution in [1.29, 1.82) is 0 Å². The normalized spacial score (nSPS) is 19.3. The number of carbonyl (C=O) groups is 1. The predicted molar refractivity (Wildman–Crippen MR) is 101 cm³/mol. The summed E-state index contributed by atoms with van der Waals surface area (Å²) < 4.78 is 41.7. The van der Waals surface area contributed by atoms with Gasteiger partial charge in [0.2, 0.25) is 0 Å². The number of thiazole rings is 1. The maximum absolute atomic E-state index is 13.3. The van der Waals surface area contributed by atoms with Crippen LogP contribution in [0.1, 0.15) is 47.2 Å². The molecular weight excluding hydrogens is 403 g/mol. The average molecular weight is 421 g/mol. The van der Waals surface area contributed by atoms with Crippen molar-refractivity contribution in [1.82, 2.24) is 24.6 Å². The van der Waals surface area contributed by atoms with Gasteiger partial charge in [-0.25, -0.2) is 4.98 Å². The number of rotatable bonds is 2. The molecule has 2 atom stereocenters. The summed E-state index contributed by atoms with van der Waals surface area (Å²) in [5.74, 6) is 0.779. The van der Waals surface area contributed by atoms with Crippen molar-refractivity contribution in [3.05, 3.63) is 52.3 Å². The van der Waals surface area contributed by atoms with E-state index in [1.807, 2.05) is 23.8 Å². The second-order valence-corrected chi connectivity index (χ2v) is 7.94. The Hall–Kier alpha value is -2.75. The van der Waals surface area contributed by atoms with Gasteiger partial charge >= 0.3 is 6.18 Å². The van der Waals surface area contributed by atoms with Crippen LogP contribution in [0.2, 0.25) is 0 Å². The first kappa shape index (κ1) is 19.6. The zero-order chi connectivity index (χ0) is 20.9. The van der Waals surface area contributed by atoms with Gasteiger partial charge in [0.25, 0.3) is 5.91 Å². The van der Waals surface area contributed by atoms with E-state index in [4.69, 9.17) is 0 Å². The number of benzene rings is 1. The van der Waals surface area contributed by atoms with E-state index in [1.165, 1.54) is 30.4 Å². The van der Waals surface area contributed by atoms with Crippen LogP contribution in [0, 0.1) is 6.92 Å². The van der Waals surface area contributed by atoms with Crippen molar-refractivity contribution < 1.29 is 18.0 Å². The number of carbonyl (C=O) groups excluding carboxylic acids is 1. The molecule has 0 spiro atoms. The second-order valence-electron chi connectivity index (χ2n) is 7.04. The van der Waals surface area contributed by atoms with Gasteiger partial charge < -0.3 is 9.47 Å². The third-order valence-corrected chi connectivity index (χ3v) is 5.99. The zero-order valence-corrected chi connectivity index (χ0v) is 16.8. The second kappa shape index (κ2) is 6.94. The van der Waals surface area contributed by atoms with E-state index in [1.54, 1.807) is 11.1 Å². The molecule has 0 fully saturated rings. The van der Waals surface area contributed by atoms with Crippen molar-refractivity contribution in [2.45, 2.75) is 45.6 Å². The molecular formula is C19H18F3N5OS. The Morgan fingerprint density at radius 2 is 2.00 bits per heavy atom. The number of aromatic nitrogens is 4. The third kappa shape index (κ3) is 3.21. The van der Waals surface area contributed by atoms with E-state index in [-0.39, 0.29) is 17.2 Å². The van der Waals surface area contributed by atoms with Crippen LogP contribution in [0.15, 0.2) is 29.8 Å². The van der Waals surface area contributed by atoms with Crippen molar-refractivity contribution in [3.8, 4) is 10.8 Å². The fourth-order valence-electron chi connectivity index (χ4n) is 3.84. The van der Waals surface area contributed by atoms with Gasteiger partial charge in [-0.15, -0.1) is 21.5 Å². The summed E-state index contributed by atoms with van der Waals surface area (Å²) in [4.78, 5) is 19.1. The van der Waals surface area contributed by atoms with E-state index in [9.17, 15) is 18.0 Å². The molecule has 0 aliphatic carbocycles. The lowest BCUT2D eigenvalue weighted by atomic mass is 9.99. The summed E-state index contributed by atoms with van der Waals surface area (Å²) in [6, 6.07) is 3.00. The van der Waals surface area contributed by atoms with Gasteiger partial charge in [0.15, 0.2) is 16.7 Å². The molecule has 6 nitrogen and oxygen atoms in total. The summed E-state index contributed by atoms with van der Waals surface area (Å²) in [6.07, 6.45) is -2.83. The van der Waals surface area contributed by atoms with Gasteiger partial charge in [-0.1, -0.05) is 6.07 Å². The Labute approximate surface area is 169 Å². The van der Waals surface area contributed by atoms with E-state index < -0.39 is 23.7 Å². The van der Waals surface area contributed by atoms with Crippen LogP contribution in [0.4, 0.5) is 13.2 Å². The van der Waals surface area contributed by atoms with Crippen LogP contribution in [-0.4, -0.2) is 36.6 Å². The first-order valence-electron chi connectivity index (χ1n) is 9.02. The standard InChI is InChI=1S/C19H18F3N5OS/c1-10-9-26-15(24-25-16(26)17-23-7-8-29-17)12(3)27(10)18(28)13-5-4-6-14(11(13)2)19(20,21)22/h4-8,10,12H,9H2,1-3H3. The van der Waals surface area contributed by atoms with Crippen molar-refractivity contribution >= 4 is 17.2 Å². The molecule has 3 aromatic rings. The lowest BCUT2D eigenvalue weighted by molar-refractivity contribution is -0.138. The molecule has 29 heavy (non-hydrogen) atoms. The molecule has 0 radical (unpaired) electrons. The first-order valence-corrected chi connectivity index (χ1v) is 9.90. The zero-order valence-electron chi connectivity index (χ0n) is 15.9. The third-order valence-electron chi connectivity index (χ3n) is 5.22. The molecule has 0 saturated carbocycles. The molecule has 0 bridgehead atoms. The number of hydrogen-bond acceptors (Lipinski definition) is 5. The van der Waals surface area contributed by atoms with Gasteiger partial charge in [0.1, 0.15) is 0 Å². The molecule has 1 aliphatic heterocycles. The quantitative estimate of drug-likeness (QED) is 0.618. The van der Waals surface area contributed by atoms with Crippen LogP contribution in [0.25, 0.3) is 10.8 Å². The summed E-state index contributed by atoms with van der Waals surface area (Å²) in [7, 11) is 0. The predicted octanol–water partition coefficient (Wildman–Crippen LogP) is 4.33. The molecule has 152 valence electrons. The largest absolute Gasteiger partial charge is 0.416 e. The Balaban J connectivity index is 1.72. The molecule has 10 heteroatoms. The minimum absolute atomic E-state index is 0.0478. The fourth-order valence-corrected chi connectivity index (χ4v) is 4.47. The highest BCUT2D eigenvalue weighted by Gasteiger charge is 2.39. The lowest BCUT2D eigenvalue weighted by Gasteiger charge is -2.39. The molecule has 0 saturated heterocycles. The summed E-state index contributed by atoms with van der Waals surface area (Å²) in [6.45, 7) is 5.44. The van der Waals surface area contributed by atoms with Crippen molar-refractivity contribution in [2.75, 3.05) is 0 Å². The topological polar surface area (TPSA) is 63.9 Å². The highest BCUT2D eigenvalue weighted by atomic mass is 32.1. The van der Waals surface area contributed by atoms with Crippen LogP contribution in [-0.2, 0) is 12.7 Å². The minimum atomic E-state index is -4.51. The van der Waals surface area contributed by atoms with Crippen LogP contribution < -0.4 is 0 Å². The molecule has 0 N–H and O–H groups in total. The van der Waals surface area contributed by atoms with Gasteiger partial charge in [-0.3, -0.25) is 4.79 Å². The summed E-state index contributed by atoms with van der Waals surface area (Å²) in [5, 5.41) is 11.0. The van der Waals surface area contributed by atoms with E-state index in [2.05, 4.69) is 15.2 Å². The van der Waals surface area contributed by atoms with Gasteiger partial charge in [0.05, 0.1) is 11.6 Å². The minimum Gasteiger partial charge on any atom is -0.324 e. The highest BCUT2D eigenvalue weighted by molar-refractivity contribution is 7.13. The summed E-state index contributed by atoms with van der Waals surface area (Å²) in [5.41, 5.74) is -0.818. The number of amides is 1. The Bertz CT molecular complexity index is 1060. The number of halogens is 3. The fraction of sp³-hybridized carbons (Fsp3) is 0.368. The van der Waals surface area contributed by atoms with E-state index in [0.29, 0.717) is 18.2 Å². The van der Waals surface area contributed by atoms with Crippen LogP contribution in [0.3, 0.4) is 0 Å². The summed E-state index contributed by atoms with van der Waals surface area (Å²) >= 11 is 1.44. The number of nitrogens with zero attached hydrogens (tertiary/aromatic N) is 5. The van der Waals surface area contributed by atoms with Crippen molar-refractivity contribution in [3.63, 3.8) is 0 Å². The van der Waals surface area contributed by atoms with Gasteiger partial charge in [-0.05, 0) is 38.5 Å².